The number of esters is 1. The van der Waals surface area contributed by atoms with E-state index >= 15 is 0 Å². The summed E-state index contributed by atoms with van der Waals surface area (Å²) < 4.78 is 16.1. The van der Waals surface area contributed by atoms with Crippen molar-refractivity contribution < 1.29 is 28.8 Å². The predicted molar refractivity (Wildman–Crippen MR) is 100 cm³/mol. The Bertz CT molecular complexity index is 830. The van der Waals surface area contributed by atoms with Gasteiger partial charge in [-0.15, -0.1) is 0 Å². The van der Waals surface area contributed by atoms with Crippen molar-refractivity contribution in [1.82, 2.24) is 5.09 Å². The third kappa shape index (κ3) is 6.29. The summed E-state index contributed by atoms with van der Waals surface area (Å²) >= 11 is 0. The number of rotatable bonds is 10. The zero-order chi connectivity index (χ0) is 20.5. The van der Waals surface area contributed by atoms with Crippen molar-refractivity contribution in [1.29, 1.82) is 0 Å². The van der Waals surface area contributed by atoms with Crippen LogP contribution in [0.5, 0.6) is 11.5 Å². The lowest BCUT2D eigenvalue weighted by Gasteiger charge is -2.17. The molecule has 0 spiro atoms. The van der Waals surface area contributed by atoms with Gasteiger partial charge in [-0.1, -0.05) is 18.2 Å². The van der Waals surface area contributed by atoms with E-state index in [1.807, 2.05) is 6.07 Å². The lowest BCUT2D eigenvalue weighted by molar-refractivity contribution is -0.385. The molecule has 0 aliphatic heterocycles. The fourth-order valence-electron chi connectivity index (χ4n) is 2.27. The average molecular weight is 406 g/mol. The maximum atomic E-state index is 12.2. The Labute approximate surface area is 162 Å². The van der Waals surface area contributed by atoms with Crippen LogP contribution < -0.4 is 14.9 Å². The van der Waals surface area contributed by atoms with Crippen molar-refractivity contribution in [3.63, 3.8) is 0 Å². The number of hydrogen-bond acceptors (Lipinski definition) is 7. The molecule has 0 saturated heterocycles. The van der Waals surface area contributed by atoms with Crippen LogP contribution in [0.25, 0.3) is 0 Å². The molecular weight excluding hydrogens is 387 g/mol. The molecule has 0 aliphatic carbocycles. The number of nitro benzene ring substituents is 1. The highest BCUT2D eigenvalue weighted by molar-refractivity contribution is 7.21. The Kier molecular flexibility index (Phi) is 7.86. The number of para-hydroxylation sites is 1. The third-order valence-electron chi connectivity index (χ3n) is 3.49. The first-order chi connectivity index (χ1) is 13.4. The summed E-state index contributed by atoms with van der Waals surface area (Å²) in [4.78, 5) is 33.3. The largest absolute Gasteiger partial charge is 0.462 e. The average Bonchev–Trinajstić information content (AvgIpc) is 2.66. The number of nitrogens with one attached hydrogen (secondary N) is 1. The maximum absolute atomic E-state index is 12.2. The van der Waals surface area contributed by atoms with Crippen LogP contribution >= 0.6 is 8.61 Å². The number of nitro groups is 1. The van der Waals surface area contributed by atoms with Crippen LogP contribution in [0.4, 0.5) is 5.69 Å². The molecule has 0 bridgehead atoms. The number of ether oxygens (including phenoxy) is 1. The smallest absolute Gasteiger partial charge is 0.324 e. The minimum Gasteiger partial charge on any atom is -0.462 e. The van der Waals surface area contributed by atoms with Gasteiger partial charge in [0, 0.05) is 24.1 Å². The summed E-state index contributed by atoms with van der Waals surface area (Å²) in [6.07, 6.45) is -0.432. The van der Waals surface area contributed by atoms with Gasteiger partial charge < -0.3 is 4.74 Å². The molecule has 0 fully saturated rings. The van der Waals surface area contributed by atoms with Crippen LogP contribution in [0.3, 0.4) is 0 Å². The van der Waals surface area contributed by atoms with Gasteiger partial charge in [0.05, 0.1) is 11.0 Å². The first-order valence-corrected chi connectivity index (χ1v) is 9.17. The molecule has 1 atom stereocenters. The highest BCUT2D eigenvalue weighted by Crippen LogP contribution is 2.27. The SMILES string of the molecule is CC(C)OC(=O)[C@H](Cc1cc([N+](=O)[O-])ccc1OOc1ccccc1)NP=O. The molecule has 2 rings (SSSR count). The molecule has 0 amide bonds. The van der Waals surface area contributed by atoms with Crippen LogP contribution in [0.1, 0.15) is 19.4 Å². The summed E-state index contributed by atoms with van der Waals surface area (Å²) in [5.74, 6) is -0.0280. The number of hydrogen-bond donors (Lipinski definition) is 1. The molecule has 0 aromatic heterocycles. The molecule has 10 heteroatoms. The van der Waals surface area contributed by atoms with Crippen molar-refractivity contribution in [2.45, 2.75) is 32.4 Å². The van der Waals surface area contributed by atoms with E-state index in [-0.39, 0.29) is 24.0 Å². The lowest BCUT2D eigenvalue weighted by Crippen LogP contribution is -2.36. The van der Waals surface area contributed by atoms with E-state index in [0.29, 0.717) is 11.3 Å². The molecule has 2 aromatic rings. The highest BCUT2D eigenvalue weighted by Gasteiger charge is 2.25. The zero-order valence-electron chi connectivity index (χ0n) is 15.2. The minimum atomic E-state index is -0.998. The minimum absolute atomic E-state index is 0.0596. The molecule has 0 saturated carbocycles. The standard InChI is InChI=1S/C18H19N2O7P/c1-12(2)25-18(21)16(19-28-24)11-13-10-14(20(22)23)8-9-17(13)27-26-15-6-4-3-5-7-15/h3-10,12,16H,11H2,1-2H3,(H,19,24)/t16-/m0/s1. The number of carbonyl (C=O) groups excluding carboxylic acids is 1. The molecule has 28 heavy (non-hydrogen) atoms. The molecule has 148 valence electrons. The Hall–Kier alpha value is -3.03. The first-order valence-electron chi connectivity index (χ1n) is 8.36. The summed E-state index contributed by atoms with van der Waals surface area (Å²) in [6, 6.07) is 11.6. The van der Waals surface area contributed by atoms with Crippen molar-refractivity contribution in [2.75, 3.05) is 0 Å². The Morgan fingerprint density at radius 3 is 2.50 bits per heavy atom. The Morgan fingerprint density at radius 2 is 1.89 bits per heavy atom. The Balaban J connectivity index is 2.26. The monoisotopic (exact) mass is 406 g/mol. The van der Waals surface area contributed by atoms with E-state index in [0.717, 1.165) is 0 Å². The second-order valence-corrected chi connectivity index (χ2v) is 6.43. The van der Waals surface area contributed by atoms with Gasteiger partial charge in [0.25, 0.3) is 5.69 Å². The Morgan fingerprint density at radius 1 is 1.18 bits per heavy atom. The van der Waals surface area contributed by atoms with E-state index in [9.17, 15) is 19.5 Å². The zero-order valence-corrected chi connectivity index (χ0v) is 16.1. The van der Waals surface area contributed by atoms with Crippen molar-refractivity contribution in [2.24, 2.45) is 0 Å². The lowest BCUT2D eigenvalue weighted by atomic mass is 10.0. The highest BCUT2D eigenvalue weighted by atomic mass is 31.1. The van der Waals surface area contributed by atoms with E-state index in [1.165, 1.54) is 18.2 Å². The van der Waals surface area contributed by atoms with Gasteiger partial charge in [-0.2, -0.15) is 0 Å². The number of benzene rings is 2. The second-order valence-electron chi connectivity index (χ2n) is 5.99. The van der Waals surface area contributed by atoms with Crippen molar-refractivity contribution in [3.8, 4) is 11.5 Å². The molecule has 9 nitrogen and oxygen atoms in total. The molecule has 2 aromatic carbocycles. The number of non-ortho nitro benzene ring substituents is 1. The van der Waals surface area contributed by atoms with Gasteiger partial charge in [0.1, 0.15) is 6.04 Å². The third-order valence-corrected chi connectivity index (χ3v) is 3.91. The van der Waals surface area contributed by atoms with Gasteiger partial charge in [-0.05, 0) is 32.0 Å². The van der Waals surface area contributed by atoms with Crippen LogP contribution in [-0.4, -0.2) is 23.0 Å². The molecular formula is C18H19N2O7P. The normalized spacial score (nSPS) is 11.8. The first kappa shape index (κ1) is 21.3. The van der Waals surface area contributed by atoms with Crippen molar-refractivity contribution in [3.05, 3.63) is 64.2 Å². The summed E-state index contributed by atoms with van der Waals surface area (Å²) in [7, 11) is -0.478. The van der Waals surface area contributed by atoms with Gasteiger partial charge in [0.2, 0.25) is 8.61 Å². The van der Waals surface area contributed by atoms with Gasteiger partial charge in [-0.3, -0.25) is 29.2 Å². The van der Waals surface area contributed by atoms with Crippen LogP contribution in [0.2, 0.25) is 0 Å². The number of carbonyl (C=O) groups is 1. The van der Waals surface area contributed by atoms with E-state index in [1.54, 1.807) is 38.1 Å². The number of nitrogens with zero attached hydrogens (tertiary/aromatic N) is 1. The summed E-state index contributed by atoms with van der Waals surface area (Å²) in [5, 5.41) is 13.6. The molecule has 0 heterocycles. The summed E-state index contributed by atoms with van der Waals surface area (Å²) in [6.45, 7) is 3.36. The second kappa shape index (κ2) is 10.3. The van der Waals surface area contributed by atoms with Crippen LogP contribution in [0, 0.1) is 10.1 Å². The molecule has 0 aliphatic rings. The summed E-state index contributed by atoms with van der Waals surface area (Å²) in [5.41, 5.74) is 0.129. The van der Waals surface area contributed by atoms with Gasteiger partial charge in [-0.25, -0.2) is 5.09 Å². The maximum Gasteiger partial charge on any atom is 0.324 e. The van der Waals surface area contributed by atoms with Crippen LogP contribution in [-0.2, 0) is 20.5 Å². The van der Waals surface area contributed by atoms with E-state index < -0.39 is 25.5 Å². The quantitative estimate of drug-likeness (QED) is 0.209. The van der Waals surface area contributed by atoms with E-state index in [2.05, 4.69) is 5.09 Å². The van der Waals surface area contributed by atoms with Crippen LogP contribution in [0.15, 0.2) is 48.5 Å². The molecule has 0 radical (unpaired) electrons. The van der Waals surface area contributed by atoms with Gasteiger partial charge >= 0.3 is 5.97 Å². The fourth-order valence-corrected chi connectivity index (χ4v) is 2.59. The van der Waals surface area contributed by atoms with Crippen molar-refractivity contribution >= 4 is 20.3 Å². The predicted octanol–water partition coefficient (Wildman–Crippen LogP) is 3.63. The molecule has 0 unspecified atom stereocenters. The van der Waals surface area contributed by atoms with E-state index in [4.69, 9.17) is 14.5 Å². The fraction of sp³-hybridized carbons (Fsp3) is 0.278. The van der Waals surface area contributed by atoms with Gasteiger partial charge in [0.15, 0.2) is 11.5 Å². The molecule has 1 N–H and O–H groups in total. The topological polar surface area (TPSA) is 117 Å².